The summed E-state index contributed by atoms with van der Waals surface area (Å²) in [6, 6.07) is 7.70. The monoisotopic (exact) mass is 312 g/mol. The maximum absolute atomic E-state index is 12.2. The minimum absolute atomic E-state index is 0.0793. The summed E-state index contributed by atoms with van der Waals surface area (Å²) in [6.07, 6.45) is 6.54. The predicted octanol–water partition coefficient (Wildman–Crippen LogP) is 3.92. The lowest BCUT2D eigenvalue weighted by Gasteiger charge is -2.21. The van der Waals surface area contributed by atoms with Gasteiger partial charge in [-0.3, -0.25) is 4.79 Å². The van der Waals surface area contributed by atoms with E-state index in [1.807, 2.05) is 45.0 Å². The second-order valence-corrected chi connectivity index (χ2v) is 6.09. The standard InChI is InChI=1S/C19H24N2O2/c1-4-5-18(22)16(13(2)3)10-19(23)15-8-6-14(7-9-15)17-11-20-12-21-17/h4-9,11-13,16,19,23H,10H2,1-3H3,(H,20,21)/b5-4-. The molecule has 2 atom stereocenters. The van der Waals surface area contributed by atoms with Crippen molar-refractivity contribution in [1.29, 1.82) is 0 Å². The van der Waals surface area contributed by atoms with E-state index in [2.05, 4.69) is 9.97 Å². The number of aliphatic hydroxyl groups excluding tert-OH is 1. The fourth-order valence-electron chi connectivity index (χ4n) is 2.68. The minimum Gasteiger partial charge on any atom is -0.388 e. The van der Waals surface area contributed by atoms with Crippen molar-refractivity contribution in [1.82, 2.24) is 9.97 Å². The van der Waals surface area contributed by atoms with Crippen LogP contribution < -0.4 is 0 Å². The Kier molecular flexibility index (Phi) is 5.88. The summed E-state index contributed by atoms with van der Waals surface area (Å²) < 4.78 is 0. The van der Waals surface area contributed by atoms with Crippen LogP contribution in [0.2, 0.25) is 0 Å². The van der Waals surface area contributed by atoms with Gasteiger partial charge in [0.15, 0.2) is 5.78 Å². The molecule has 0 spiro atoms. The Morgan fingerprint density at radius 1 is 1.30 bits per heavy atom. The average molecular weight is 312 g/mol. The Balaban J connectivity index is 2.10. The number of allylic oxidation sites excluding steroid dienone is 2. The first kappa shape index (κ1) is 17.2. The molecule has 0 aliphatic heterocycles. The van der Waals surface area contributed by atoms with E-state index in [9.17, 15) is 9.90 Å². The van der Waals surface area contributed by atoms with Crippen LogP contribution in [0.15, 0.2) is 48.9 Å². The fourth-order valence-corrected chi connectivity index (χ4v) is 2.68. The van der Waals surface area contributed by atoms with Crippen LogP contribution >= 0.6 is 0 Å². The van der Waals surface area contributed by atoms with Crippen LogP contribution in [-0.2, 0) is 4.79 Å². The number of nitrogens with one attached hydrogen (secondary N) is 1. The van der Waals surface area contributed by atoms with Gasteiger partial charge in [-0.15, -0.1) is 0 Å². The molecule has 2 unspecified atom stereocenters. The molecular formula is C19H24N2O2. The topological polar surface area (TPSA) is 66.0 Å². The number of aliphatic hydroxyl groups is 1. The zero-order valence-corrected chi connectivity index (χ0v) is 13.9. The lowest BCUT2D eigenvalue weighted by Crippen LogP contribution is -2.21. The molecule has 2 aromatic rings. The maximum Gasteiger partial charge on any atom is 0.158 e. The third-order valence-electron chi connectivity index (χ3n) is 4.08. The number of carbonyl (C=O) groups is 1. The van der Waals surface area contributed by atoms with Gasteiger partial charge in [0.1, 0.15) is 0 Å². The van der Waals surface area contributed by atoms with E-state index in [0.29, 0.717) is 6.42 Å². The molecule has 0 amide bonds. The van der Waals surface area contributed by atoms with E-state index in [-0.39, 0.29) is 17.6 Å². The number of nitrogens with zero attached hydrogens (tertiary/aromatic N) is 1. The number of hydrogen-bond donors (Lipinski definition) is 2. The SMILES string of the molecule is C/C=C\C(=O)C(CC(O)c1ccc(-c2cnc[nH]2)cc1)C(C)C. The Labute approximate surface area is 137 Å². The molecule has 0 saturated heterocycles. The van der Waals surface area contributed by atoms with Crippen LogP contribution in [-0.4, -0.2) is 20.9 Å². The van der Waals surface area contributed by atoms with Crippen LogP contribution in [0.5, 0.6) is 0 Å². The van der Waals surface area contributed by atoms with Crippen LogP contribution in [0.4, 0.5) is 0 Å². The summed E-state index contributed by atoms with van der Waals surface area (Å²) >= 11 is 0. The third-order valence-corrected chi connectivity index (χ3v) is 4.08. The molecule has 4 heteroatoms. The number of carbonyl (C=O) groups excluding carboxylic acids is 1. The van der Waals surface area contributed by atoms with Crippen LogP contribution in [0.1, 0.15) is 38.9 Å². The van der Waals surface area contributed by atoms with Gasteiger partial charge in [-0.05, 0) is 36.5 Å². The summed E-state index contributed by atoms with van der Waals surface area (Å²) in [4.78, 5) is 19.2. The molecule has 4 nitrogen and oxygen atoms in total. The highest BCUT2D eigenvalue weighted by Gasteiger charge is 2.24. The van der Waals surface area contributed by atoms with Crippen LogP contribution in [0.25, 0.3) is 11.3 Å². The number of aromatic nitrogens is 2. The average Bonchev–Trinajstić information content (AvgIpc) is 3.06. The second-order valence-electron chi connectivity index (χ2n) is 6.09. The molecule has 0 aliphatic carbocycles. The van der Waals surface area contributed by atoms with E-state index in [1.165, 1.54) is 0 Å². The minimum atomic E-state index is -0.646. The molecule has 23 heavy (non-hydrogen) atoms. The van der Waals surface area contributed by atoms with Gasteiger partial charge in [0, 0.05) is 5.92 Å². The van der Waals surface area contributed by atoms with Crippen molar-refractivity contribution in [2.24, 2.45) is 11.8 Å². The van der Waals surface area contributed by atoms with Crippen molar-refractivity contribution in [3.05, 3.63) is 54.5 Å². The summed E-state index contributed by atoms with van der Waals surface area (Å²) in [6.45, 7) is 5.86. The predicted molar refractivity (Wildman–Crippen MR) is 91.7 cm³/mol. The van der Waals surface area contributed by atoms with Gasteiger partial charge >= 0.3 is 0 Å². The maximum atomic E-state index is 12.2. The van der Waals surface area contributed by atoms with Crippen molar-refractivity contribution < 1.29 is 9.90 Å². The second kappa shape index (κ2) is 7.88. The van der Waals surface area contributed by atoms with Gasteiger partial charge in [0.2, 0.25) is 0 Å². The highest BCUT2D eigenvalue weighted by Crippen LogP contribution is 2.28. The Morgan fingerprint density at radius 2 is 2.00 bits per heavy atom. The number of H-pyrrole nitrogens is 1. The zero-order chi connectivity index (χ0) is 16.8. The zero-order valence-electron chi connectivity index (χ0n) is 13.9. The Morgan fingerprint density at radius 3 is 2.52 bits per heavy atom. The first-order chi connectivity index (χ1) is 11.0. The van der Waals surface area contributed by atoms with Crippen molar-refractivity contribution in [2.75, 3.05) is 0 Å². The lowest BCUT2D eigenvalue weighted by molar-refractivity contribution is -0.120. The van der Waals surface area contributed by atoms with Crippen molar-refractivity contribution in [2.45, 2.75) is 33.3 Å². The van der Waals surface area contributed by atoms with Gasteiger partial charge in [-0.1, -0.05) is 44.2 Å². The van der Waals surface area contributed by atoms with Crippen molar-refractivity contribution >= 4 is 5.78 Å². The van der Waals surface area contributed by atoms with Gasteiger partial charge < -0.3 is 10.1 Å². The van der Waals surface area contributed by atoms with E-state index in [4.69, 9.17) is 0 Å². The smallest absolute Gasteiger partial charge is 0.158 e. The molecule has 1 heterocycles. The number of benzene rings is 1. The normalized spacial score (nSPS) is 14.3. The van der Waals surface area contributed by atoms with Gasteiger partial charge in [0.05, 0.1) is 24.3 Å². The molecular weight excluding hydrogens is 288 g/mol. The van der Waals surface area contributed by atoms with Crippen LogP contribution in [0, 0.1) is 11.8 Å². The van der Waals surface area contributed by atoms with Gasteiger partial charge in [-0.25, -0.2) is 4.98 Å². The summed E-state index contributed by atoms with van der Waals surface area (Å²) in [5.74, 6) is 0.0988. The number of imidazole rings is 1. The number of rotatable bonds is 7. The highest BCUT2D eigenvalue weighted by molar-refractivity contribution is 5.91. The summed E-state index contributed by atoms with van der Waals surface area (Å²) in [5, 5.41) is 10.5. The van der Waals surface area contributed by atoms with Gasteiger partial charge in [-0.2, -0.15) is 0 Å². The molecule has 0 fully saturated rings. The first-order valence-corrected chi connectivity index (χ1v) is 7.96. The molecule has 0 bridgehead atoms. The fraction of sp³-hybridized carbons (Fsp3) is 0.368. The highest BCUT2D eigenvalue weighted by atomic mass is 16.3. The largest absolute Gasteiger partial charge is 0.388 e. The molecule has 0 aliphatic rings. The van der Waals surface area contributed by atoms with Gasteiger partial charge in [0.25, 0.3) is 0 Å². The molecule has 0 radical (unpaired) electrons. The van der Waals surface area contributed by atoms with Crippen molar-refractivity contribution in [3.8, 4) is 11.3 Å². The first-order valence-electron chi connectivity index (χ1n) is 7.96. The molecule has 122 valence electrons. The van der Waals surface area contributed by atoms with Crippen molar-refractivity contribution in [3.63, 3.8) is 0 Å². The molecule has 2 N–H and O–H groups in total. The van der Waals surface area contributed by atoms with E-state index in [0.717, 1.165) is 16.8 Å². The van der Waals surface area contributed by atoms with Crippen LogP contribution in [0.3, 0.4) is 0 Å². The third kappa shape index (κ3) is 4.39. The molecule has 0 saturated carbocycles. The summed E-state index contributed by atoms with van der Waals surface area (Å²) in [7, 11) is 0. The van der Waals surface area contributed by atoms with E-state index >= 15 is 0 Å². The number of hydrogen-bond acceptors (Lipinski definition) is 3. The van der Waals surface area contributed by atoms with E-state index in [1.54, 1.807) is 24.7 Å². The molecule has 1 aromatic carbocycles. The number of aromatic amines is 1. The van der Waals surface area contributed by atoms with E-state index < -0.39 is 6.10 Å². The number of ketones is 1. The molecule has 1 aromatic heterocycles. The molecule has 2 rings (SSSR count). The summed E-state index contributed by atoms with van der Waals surface area (Å²) in [5.41, 5.74) is 2.78. The quantitative estimate of drug-likeness (QED) is 0.762. The Bertz CT molecular complexity index is 643. The Hall–Kier alpha value is -2.20. The lowest BCUT2D eigenvalue weighted by atomic mass is 9.84.